The molecule has 1 aliphatic rings. The molecule has 19 heavy (non-hydrogen) atoms. The number of aromatic nitrogens is 2. The third-order valence-electron chi connectivity index (χ3n) is 3.44. The van der Waals surface area contributed by atoms with E-state index in [0.717, 1.165) is 0 Å². The molecule has 1 saturated heterocycles. The first-order valence-electron chi connectivity index (χ1n) is 5.87. The largest absolute Gasteiger partial charge is 0.478 e. The van der Waals surface area contributed by atoms with Gasteiger partial charge in [0.25, 0.3) is 0 Å². The SMILES string of the molecule is O=C(O)c1cccc2c1ncn2C1CCS(=O)(=O)C1. The molecule has 1 N–H and O–H groups in total. The number of carbonyl (C=O) groups is 1. The van der Waals surface area contributed by atoms with E-state index in [9.17, 15) is 13.2 Å². The van der Waals surface area contributed by atoms with E-state index in [1.165, 1.54) is 12.4 Å². The van der Waals surface area contributed by atoms with E-state index < -0.39 is 15.8 Å². The molecule has 2 heterocycles. The minimum atomic E-state index is -2.98. The minimum Gasteiger partial charge on any atom is -0.478 e. The second-order valence-electron chi connectivity index (χ2n) is 4.69. The molecule has 0 spiro atoms. The number of benzene rings is 1. The van der Waals surface area contributed by atoms with Crippen molar-refractivity contribution in [1.82, 2.24) is 9.55 Å². The summed E-state index contributed by atoms with van der Waals surface area (Å²) >= 11 is 0. The molecule has 7 heteroatoms. The third-order valence-corrected chi connectivity index (χ3v) is 5.19. The number of rotatable bonds is 2. The van der Waals surface area contributed by atoms with Crippen LogP contribution in [0, 0.1) is 0 Å². The first-order valence-corrected chi connectivity index (χ1v) is 7.69. The summed E-state index contributed by atoms with van der Waals surface area (Å²) in [5.74, 6) is -0.763. The molecule has 0 aliphatic carbocycles. The minimum absolute atomic E-state index is 0.0930. The van der Waals surface area contributed by atoms with Crippen LogP contribution in [0.1, 0.15) is 22.8 Å². The van der Waals surface area contributed by atoms with Gasteiger partial charge in [-0.05, 0) is 18.6 Å². The summed E-state index contributed by atoms with van der Waals surface area (Å²) in [4.78, 5) is 15.2. The Morgan fingerprint density at radius 2 is 2.21 bits per heavy atom. The molecule has 6 nitrogen and oxygen atoms in total. The van der Waals surface area contributed by atoms with Crippen molar-refractivity contribution in [1.29, 1.82) is 0 Å². The maximum absolute atomic E-state index is 11.5. The molecular formula is C12H12N2O4S. The molecule has 3 rings (SSSR count). The third kappa shape index (κ3) is 1.99. The second kappa shape index (κ2) is 4.06. The number of para-hydroxylation sites is 1. The fraction of sp³-hybridized carbons (Fsp3) is 0.333. The van der Waals surface area contributed by atoms with Crippen LogP contribution < -0.4 is 0 Å². The normalized spacial score (nSPS) is 21.8. The summed E-state index contributed by atoms with van der Waals surface area (Å²) < 4.78 is 24.8. The van der Waals surface area contributed by atoms with Crippen molar-refractivity contribution in [3.63, 3.8) is 0 Å². The quantitative estimate of drug-likeness (QED) is 0.889. The monoisotopic (exact) mass is 280 g/mol. The zero-order valence-corrected chi connectivity index (χ0v) is 10.8. The van der Waals surface area contributed by atoms with E-state index in [1.807, 2.05) is 0 Å². The van der Waals surface area contributed by atoms with Crippen LogP contribution in [0.3, 0.4) is 0 Å². The number of hydrogen-bond donors (Lipinski definition) is 1. The molecule has 1 aromatic heterocycles. The molecule has 1 aromatic carbocycles. The standard InChI is InChI=1S/C12H12N2O4S/c15-12(16)9-2-1-3-10-11(9)13-7-14(10)8-4-5-19(17,18)6-8/h1-3,7-8H,4-6H2,(H,15,16). The molecule has 1 fully saturated rings. The van der Waals surface area contributed by atoms with Crippen molar-refractivity contribution in [2.24, 2.45) is 0 Å². The Balaban J connectivity index is 2.12. The number of carboxylic acids is 1. The van der Waals surface area contributed by atoms with Gasteiger partial charge >= 0.3 is 5.97 Å². The lowest BCUT2D eigenvalue weighted by Gasteiger charge is -2.10. The van der Waals surface area contributed by atoms with E-state index in [2.05, 4.69) is 4.98 Å². The molecule has 0 radical (unpaired) electrons. The Kier molecular flexibility index (Phi) is 2.60. The number of hydrogen-bond acceptors (Lipinski definition) is 4. The van der Waals surface area contributed by atoms with Crippen LogP contribution >= 0.6 is 0 Å². The van der Waals surface area contributed by atoms with Crippen LogP contribution in [0.15, 0.2) is 24.5 Å². The Morgan fingerprint density at radius 3 is 2.84 bits per heavy atom. The van der Waals surface area contributed by atoms with E-state index in [4.69, 9.17) is 5.11 Å². The van der Waals surface area contributed by atoms with Crippen molar-refractivity contribution < 1.29 is 18.3 Å². The number of fused-ring (bicyclic) bond motifs is 1. The van der Waals surface area contributed by atoms with Gasteiger partial charge in [0.15, 0.2) is 9.84 Å². The fourth-order valence-electron chi connectivity index (χ4n) is 2.52. The molecule has 0 saturated carbocycles. The van der Waals surface area contributed by atoms with Crippen LogP contribution in [0.2, 0.25) is 0 Å². The van der Waals surface area contributed by atoms with Crippen molar-refractivity contribution in [2.45, 2.75) is 12.5 Å². The molecule has 1 aliphatic heterocycles. The number of imidazole rings is 1. The summed E-state index contributed by atoms with van der Waals surface area (Å²) in [5, 5.41) is 9.10. The number of nitrogens with zero attached hydrogens (tertiary/aromatic N) is 2. The van der Waals surface area contributed by atoms with Gasteiger partial charge in [-0.2, -0.15) is 0 Å². The highest BCUT2D eigenvalue weighted by atomic mass is 32.2. The predicted molar refractivity (Wildman–Crippen MR) is 69.0 cm³/mol. The van der Waals surface area contributed by atoms with Crippen molar-refractivity contribution in [3.05, 3.63) is 30.1 Å². The van der Waals surface area contributed by atoms with Crippen LogP contribution in [-0.2, 0) is 9.84 Å². The average Bonchev–Trinajstić information content (AvgIpc) is 2.91. The number of sulfone groups is 1. The van der Waals surface area contributed by atoms with Crippen LogP contribution in [-0.4, -0.2) is 40.6 Å². The lowest BCUT2D eigenvalue weighted by atomic mass is 10.1. The molecule has 100 valence electrons. The molecule has 2 aromatic rings. The first-order chi connectivity index (χ1) is 8.98. The summed E-state index contributed by atoms with van der Waals surface area (Å²) in [5.41, 5.74) is 1.21. The summed E-state index contributed by atoms with van der Waals surface area (Å²) in [6, 6.07) is 4.75. The van der Waals surface area contributed by atoms with Gasteiger partial charge in [-0.25, -0.2) is 18.2 Å². The van der Waals surface area contributed by atoms with E-state index in [0.29, 0.717) is 17.5 Å². The molecule has 0 amide bonds. The molecule has 1 unspecified atom stereocenters. The van der Waals surface area contributed by atoms with Crippen LogP contribution in [0.25, 0.3) is 11.0 Å². The maximum atomic E-state index is 11.5. The number of carboxylic acid groups (broad SMARTS) is 1. The van der Waals surface area contributed by atoms with Gasteiger partial charge in [0.05, 0.1) is 35.0 Å². The van der Waals surface area contributed by atoms with Crippen LogP contribution in [0.4, 0.5) is 0 Å². The summed E-state index contributed by atoms with van der Waals surface area (Å²) in [6.07, 6.45) is 2.08. The Morgan fingerprint density at radius 1 is 1.42 bits per heavy atom. The van der Waals surface area contributed by atoms with Gasteiger partial charge in [-0.15, -0.1) is 0 Å². The zero-order valence-electron chi connectivity index (χ0n) is 9.98. The predicted octanol–water partition coefficient (Wildman–Crippen LogP) is 1.09. The molecule has 1 atom stereocenters. The lowest BCUT2D eigenvalue weighted by molar-refractivity contribution is 0.0699. The van der Waals surface area contributed by atoms with Crippen molar-refractivity contribution in [2.75, 3.05) is 11.5 Å². The Bertz CT molecular complexity index is 763. The topological polar surface area (TPSA) is 89.3 Å². The Hall–Kier alpha value is -1.89. The van der Waals surface area contributed by atoms with Crippen molar-refractivity contribution in [3.8, 4) is 0 Å². The highest BCUT2D eigenvalue weighted by Gasteiger charge is 2.30. The van der Waals surface area contributed by atoms with Gasteiger partial charge in [-0.1, -0.05) is 6.07 Å². The van der Waals surface area contributed by atoms with E-state index >= 15 is 0 Å². The second-order valence-corrected chi connectivity index (χ2v) is 6.92. The molecule has 0 bridgehead atoms. The summed E-state index contributed by atoms with van der Waals surface area (Å²) in [7, 11) is -2.98. The Labute approximate surface area is 109 Å². The van der Waals surface area contributed by atoms with E-state index in [-0.39, 0.29) is 23.1 Å². The lowest BCUT2D eigenvalue weighted by Crippen LogP contribution is -2.10. The highest BCUT2D eigenvalue weighted by Crippen LogP contribution is 2.28. The number of aromatic carboxylic acids is 1. The van der Waals surface area contributed by atoms with Crippen LogP contribution in [0.5, 0.6) is 0 Å². The summed E-state index contributed by atoms with van der Waals surface area (Å²) in [6.45, 7) is 0. The van der Waals surface area contributed by atoms with Crippen molar-refractivity contribution >= 4 is 26.8 Å². The molecular weight excluding hydrogens is 268 g/mol. The van der Waals surface area contributed by atoms with E-state index in [1.54, 1.807) is 16.7 Å². The smallest absolute Gasteiger partial charge is 0.337 e. The van der Waals surface area contributed by atoms with Gasteiger partial charge in [-0.3, -0.25) is 0 Å². The highest BCUT2D eigenvalue weighted by molar-refractivity contribution is 7.91. The first kappa shape index (κ1) is 12.2. The van der Waals surface area contributed by atoms with Gasteiger partial charge in [0.1, 0.15) is 5.52 Å². The van der Waals surface area contributed by atoms with Gasteiger partial charge in [0, 0.05) is 0 Å². The average molecular weight is 280 g/mol. The van der Waals surface area contributed by atoms with Gasteiger partial charge in [0.2, 0.25) is 0 Å². The maximum Gasteiger partial charge on any atom is 0.337 e. The fourth-order valence-corrected chi connectivity index (χ4v) is 4.23. The van der Waals surface area contributed by atoms with Gasteiger partial charge < -0.3 is 9.67 Å². The zero-order chi connectivity index (χ0) is 13.6.